The molecule has 0 N–H and O–H groups in total. The molecule has 0 radical (unpaired) electrons. The number of thiophene rings is 1. The number of ether oxygens (including phenoxy) is 2. The van der Waals surface area contributed by atoms with Crippen molar-refractivity contribution in [1.82, 2.24) is 19.5 Å². The number of morpholine rings is 1. The molecule has 3 aromatic heterocycles. The summed E-state index contributed by atoms with van der Waals surface area (Å²) in [5, 5.41) is 8.65. The highest BCUT2D eigenvalue weighted by Gasteiger charge is 2.14. The number of rotatable bonds is 7. The topological polar surface area (TPSA) is 69.0 Å². The van der Waals surface area contributed by atoms with Crippen LogP contribution in [-0.4, -0.2) is 59.0 Å². The lowest BCUT2D eigenvalue weighted by Crippen LogP contribution is -2.38. The Bertz CT molecular complexity index is 1260. The van der Waals surface area contributed by atoms with Crippen molar-refractivity contribution in [2.24, 2.45) is 0 Å². The van der Waals surface area contributed by atoms with Crippen LogP contribution in [0.4, 0.5) is 0 Å². The first kappa shape index (κ1) is 21.3. The second-order valence-electron chi connectivity index (χ2n) is 7.72. The van der Waals surface area contributed by atoms with E-state index < -0.39 is 0 Å². The van der Waals surface area contributed by atoms with Crippen molar-refractivity contribution in [3.8, 4) is 17.0 Å². The monoisotopic (exact) mass is 468 g/mol. The van der Waals surface area contributed by atoms with Gasteiger partial charge in [-0.2, -0.15) is 10.1 Å². The second-order valence-corrected chi connectivity index (χ2v) is 9.59. The SMILES string of the molecule is Cc1cc(-c2csc3nc(=O)c(Cc4cccs4)nn23)ccc1OCCN1CCOCC1. The van der Waals surface area contributed by atoms with Crippen molar-refractivity contribution in [1.29, 1.82) is 0 Å². The first-order valence-corrected chi connectivity index (χ1v) is 12.4. The first-order chi connectivity index (χ1) is 15.7. The molecule has 0 amide bonds. The van der Waals surface area contributed by atoms with Crippen LogP contribution < -0.4 is 10.3 Å². The Morgan fingerprint density at radius 1 is 1.19 bits per heavy atom. The Labute approximate surface area is 193 Å². The normalized spacial score (nSPS) is 14.8. The lowest BCUT2D eigenvalue weighted by molar-refractivity contribution is 0.0322. The zero-order chi connectivity index (χ0) is 21.9. The van der Waals surface area contributed by atoms with Gasteiger partial charge < -0.3 is 9.47 Å². The van der Waals surface area contributed by atoms with Crippen molar-refractivity contribution in [2.45, 2.75) is 13.3 Å². The molecule has 5 rings (SSSR count). The van der Waals surface area contributed by atoms with Gasteiger partial charge in [-0.25, -0.2) is 4.52 Å². The second kappa shape index (κ2) is 9.50. The van der Waals surface area contributed by atoms with Crippen molar-refractivity contribution in [2.75, 3.05) is 39.5 Å². The van der Waals surface area contributed by atoms with Crippen LogP contribution in [0.25, 0.3) is 16.2 Å². The van der Waals surface area contributed by atoms with E-state index in [9.17, 15) is 4.79 Å². The summed E-state index contributed by atoms with van der Waals surface area (Å²) in [6.07, 6.45) is 0.497. The summed E-state index contributed by atoms with van der Waals surface area (Å²) in [6, 6.07) is 10.1. The Hall–Kier alpha value is -2.59. The van der Waals surface area contributed by atoms with Gasteiger partial charge in [0.05, 0.1) is 18.9 Å². The molecule has 0 atom stereocenters. The number of benzene rings is 1. The number of aromatic nitrogens is 3. The van der Waals surface area contributed by atoms with Crippen molar-refractivity contribution in [3.63, 3.8) is 0 Å². The molecular weight excluding hydrogens is 444 g/mol. The molecule has 0 unspecified atom stereocenters. The number of fused-ring (bicyclic) bond motifs is 1. The average Bonchev–Trinajstić information content (AvgIpc) is 3.46. The molecule has 1 fully saturated rings. The third-order valence-corrected chi connectivity index (χ3v) is 7.20. The van der Waals surface area contributed by atoms with Gasteiger partial charge in [-0.1, -0.05) is 6.07 Å². The van der Waals surface area contributed by atoms with Gasteiger partial charge in [-0.3, -0.25) is 9.69 Å². The number of hydrogen-bond donors (Lipinski definition) is 0. The molecule has 4 heterocycles. The van der Waals surface area contributed by atoms with Gasteiger partial charge in [-0.15, -0.1) is 22.7 Å². The summed E-state index contributed by atoms with van der Waals surface area (Å²) in [4.78, 5) is 20.7. The predicted octanol–water partition coefficient (Wildman–Crippen LogP) is 3.49. The van der Waals surface area contributed by atoms with E-state index in [0.29, 0.717) is 23.7 Å². The minimum atomic E-state index is -0.257. The van der Waals surface area contributed by atoms with E-state index in [1.54, 1.807) is 15.9 Å². The number of thiazole rings is 1. The van der Waals surface area contributed by atoms with Crippen LogP contribution in [0.1, 0.15) is 16.1 Å². The fourth-order valence-corrected chi connectivity index (χ4v) is 5.29. The van der Waals surface area contributed by atoms with E-state index in [1.165, 1.54) is 11.3 Å². The summed E-state index contributed by atoms with van der Waals surface area (Å²) in [7, 11) is 0. The Morgan fingerprint density at radius 3 is 2.84 bits per heavy atom. The number of nitrogens with zero attached hydrogens (tertiary/aromatic N) is 4. The highest BCUT2D eigenvalue weighted by Crippen LogP contribution is 2.29. The lowest BCUT2D eigenvalue weighted by atomic mass is 10.1. The summed E-state index contributed by atoms with van der Waals surface area (Å²) in [5.74, 6) is 0.887. The summed E-state index contributed by atoms with van der Waals surface area (Å²) >= 11 is 3.04. The molecular formula is C23H24N4O3S2. The zero-order valence-corrected chi connectivity index (χ0v) is 19.5. The molecule has 0 spiro atoms. The molecule has 1 aliphatic heterocycles. The molecule has 0 aliphatic carbocycles. The first-order valence-electron chi connectivity index (χ1n) is 10.6. The van der Waals surface area contributed by atoms with Gasteiger partial charge in [-0.05, 0) is 42.1 Å². The van der Waals surface area contributed by atoms with Crippen molar-refractivity contribution >= 4 is 27.6 Å². The van der Waals surface area contributed by atoms with Crippen molar-refractivity contribution < 1.29 is 9.47 Å². The predicted molar refractivity (Wildman–Crippen MR) is 127 cm³/mol. The summed E-state index contributed by atoms with van der Waals surface area (Å²) in [6.45, 7) is 7.12. The van der Waals surface area contributed by atoms with Gasteiger partial charge >= 0.3 is 0 Å². The largest absolute Gasteiger partial charge is 0.492 e. The molecule has 0 bridgehead atoms. The van der Waals surface area contributed by atoms with Gasteiger partial charge in [0.15, 0.2) is 0 Å². The van der Waals surface area contributed by atoms with Crippen LogP contribution in [0, 0.1) is 6.92 Å². The van der Waals surface area contributed by atoms with Gasteiger partial charge in [0.1, 0.15) is 18.1 Å². The highest BCUT2D eigenvalue weighted by molar-refractivity contribution is 7.15. The Kier molecular flexibility index (Phi) is 6.31. The standard InChI is InChI=1S/C23H24N4O3S2/c1-16-13-17(4-5-21(16)30-11-8-26-6-9-29-10-7-26)20-15-32-23-24-22(28)19(25-27(20)23)14-18-3-2-12-31-18/h2-5,12-13,15H,6-11,14H2,1H3. The molecule has 1 aromatic carbocycles. The van der Waals surface area contributed by atoms with E-state index in [1.807, 2.05) is 35.0 Å². The van der Waals surface area contributed by atoms with E-state index in [4.69, 9.17) is 9.47 Å². The van der Waals surface area contributed by atoms with E-state index in [-0.39, 0.29) is 5.56 Å². The quantitative estimate of drug-likeness (QED) is 0.414. The van der Waals surface area contributed by atoms with Crippen LogP contribution in [0.15, 0.2) is 45.9 Å². The molecule has 0 saturated carbocycles. The highest BCUT2D eigenvalue weighted by atomic mass is 32.1. The molecule has 166 valence electrons. The summed E-state index contributed by atoms with van der Waals surface area (Å²) in [5.41, 5.74) is 3.22. The maximum absolute atomic E-state index is 12.4. The molecule has 4 aromatic rings. The maximum atomic E-state index is 12.4. The Morgan fingerprint density at radius 2 is 2.06 bits per heavy atom. The fraction of sp³-hybridized carbons (Fsp3) is 0.348. The van der Waals surface area contributed by atoms with Crippen LogP contribution in [0.3, 0.4) is 0 Å². The molecule has 9 heteroatoms. The van der Waals surface area contributed by atoms with E-state index in [0.717, 1.165) is 60.3 Å². The zero-order valence-electron chi connectivity index (χ0n) is 17.8. The van der Waals surface area contributed by atoms with Crippen LogP contribution in [0.2, 0.25) is 0 Å². The smallest absolute Gasteiger partial charge is 0.296 e. The van der Waals surface area contributed by atoms with E-state index >= 15 is 0 Å². The number of hydrogen-bond acceptors (Lipinski definition) is 8. The van der Waals surface area contributed by atoms with Crippen LogP contribution in [0.5, 0.6) is 5.75 Å². The molecule has 1 aliphatic rings. The lowest BCUT2D eigenvalue weighted by Gasteiger charge is -2.26. The minimum Gasteiger partial charge on any atom is -0.492 e. The third-order valence-electron chi connectivity index (χ3n) is 5.51. The van der Waals surface area contributed by atoms with Crippen molar-refractivity contribution in [3.05, 3.63) is 67.6 Å². The summed E-state index contributed by atoms with van der Waals surface area (Å²) < 4.78 is 13.2. The fourth-order valence-electron chi connectivity index (χ4n) is 3.76. The average molecular weight is 469 g/mol. The van der Waals surface area contributed by atoms with Gasteiger partial charge in [0, 0.05) is 41.9 Å². The van der Waals surface area contributed by atoms with Gasteiger partial charge in [0.25, 0.3) is 5.56 Å². The third kappa shape index (κ3) is 4.61. The van der Waals surface area contributed by atoms with E-state index in [2.05, 4.69) is 28.0 Å². The molecule has 1 saturated heterocycles. The van der Waals surface area contributed by atoms with Crippen LogP contribution >= 0.6 is 22.7 Å². The van der Waals surface area contributed by atoms with Crippen LogP contribution in [-0.2, 0) is 11.2 Å². The molecule has 32 heavy (non-hydrogen) atoms. The minimum absolute atomic E-state index is 0.257. The molecule has 7 nitrogen and oxygen atoms in total. The Balaban J connectivity index is 1.35. The number of aryl methyl sites for hydroxylation is 1. The van der Waals surface area contributed by atoms with Gasteiger partial charge in [0.2, 0.25) is 4.96 Å². The maximum Gasteiger partial charge on any atom is 0.296 e.